The van der Waals surface area contributed by atoms with E-state index >= 15 is 0 Å². The predicted molar refractivity (Wildman–Crippen MR) is 96.8 cm³/mol. The Kier molecular flexibility index (Phi) is 6.83. The van der Waals surface area contributed by atoms with Gasteiger partial charge in [-0.25, -0.2) is 9.79 Å². The van der Waals surface area contributed by atoms with Crippen molar-refractivity contribution < 1.29 is 27.4 Å². The number of aliphatic imine (C=N–C) groups is 1. The molecule has 0 radical (unpaired) electrons. The van der Waals surface area contributed by atoms with E-state index in [1.807, 2.05) is 0 Å². The van der Waals surface area contributed by atoms with Gasteiger partial charge in [-0.3, -0.25) is 5.32 Å². The fourth-order valence-electron chi connectivity index (χ4n) is 2.45. The number of urea groups is 1. The third kappa shape index (κ3) is 7.29. The van der Waals surface area contributed by atoms with Gasteiger partial charge < -0.3 is 20.1 Å². The highest BCUT2D eigenvalue weighted by Gasteiger charge is 2.31. The Balaban J connectivity index is 1.79. The summed E-state index contributed by atoms with van der Waals surface area (Å²) in [5.74, 6) is 0.369. The summed E-state index contributed by atoms with van der Waals surface area (Å²) in [5, 5.41) is 2.47. The van der Waals surface area contributed by atoms with Crippen LogP contribution in [0.2, 0.25) is 0 Å². The van der Waals surface area contributed by atoms with Gasteiger partial charge in [0.2, 0.25) is 5.11 Å². The fraction of sp³-hybridized carbons (Fsp3) is 0.438. The number of halogens is 3. The molecule has 1 fully saturated rings. The van der Waals surface area contributed by atoms with Crippen LogP contribution in [0.15, 0.2) is 29.3 Å². The summed E-state index contributed by atoms with van der Waals surface area (Å²) in [7, 11) is 0. The van der Waals surface area contributed by atoms with Crippen LogP contribution in [0.4, 0.5) is 18.0 Å². The highest BCUT2D eigenvalue weighted by molar-refractivity contribution is 7.80. The molecule has 27 heavy (non-hydrogen) atoms. The van der Waals surface area contributed by atoms with Gasteiger partial charge in [0.25, 0.3) is 0 Å². The van der Waals surface area contributed by atoms with Gasteiger partial charge in [0.15, 0.2) is 0 Å². The van der Waals surface area contributed by atoms with Crippen LogP contribution in [-0.2, 0) is 0 Å². The molecule has 1 aliphatic rings. The Morgan fingerprint density at radius 3 is 2.33 bits per heavy atom. The van der Waals surface area contributed by atoms with Crippen LogP contribution in [0, 0.1) is 0 Å². The fourth-order valence-corrected chi connectivity index (χ4v) is 2.68. The number of hydrogen-bond donors (Lipinski definition) is 2. The van der Waals surface area contributed by atoms with Gasteiger partial charge in [-0.05, 0) is 43.4 Å². The van der Waals surface area contributed by atoms with Gasteiger partial charge in [0.1, 0.15) is 17.6 Å². The van der Waals surface area contributed by atoms with Gasteiger partial charge in [-0.15, -0.1) is 13.2 Å². The van der Waals surface area contributed by atoms with Crippen LogP contribution >= 0.6 is 12.2 Å². The summed E-state index contributed by atoms with van der Waals surface area (Å²) < 4.78 is 46.0. The van der Waals surface area contributed by atoms with Crippen molar-refractivity contribution in [1.82, 2.24) is 10.2 Å². The topological polar surface area (TPSA) is 89.2 Å². The molecule has 7 nitrogen and oxygen atoms in total. The number of rotatable bonds is 3. The highest BCUT2D eigenvalue weighted by atomic mass is 32.1. The monoisotopic (exact) mass is 404 g/mol. The third-order valence-corrected chi connectivity index (χ3v) is 3.77. The zero-order valence-electron chi connectivity index (χ0n) is 14.5. The molecule has 1 heterocycles. The van der Waals surface area contributed by atoms with E-state index in [2.05, 4.69) is 15.0 Å². The lowest BCUT2D eigenvalue weighted by atomic mass is 10.1. The number of piperidine rings is 1. The molecule has 0 unspecified atom stereocenters. The molecule has 0 aromatic heterocycles. The quantitative estimate of drug-likeness (QED) is 0.459. The minimum Gasteiger partial charge on any atom is -0.490 e. The van der Waals surface area contributed by atoms with Gasteiger partial charge in [-0.1, -0.05) is 0 Å². The molecule has 0 aliphatic carbocycles. The molecule has 2 rings (SSSR count). The summed E-state index contributed by atoms with van der Waals surface area (Å²) in [6.07, 6.45) is -3.74. The predicted octanol–water partition coefficient (Wildman–Crippen LogP) is 2.80. The van der Waals surface area contributed by atoms with Crippen LogP contribution < -0.4 is 20.5 Å². The number of carbonyl (C=O) groups is 1. The molecule has 0 saturated carbocycles. The molecule has 11 heteroatoms. The van der Waals surface area contributed by atoms with Crippen LogP contribution in [-0.4, -0.2) is 47.4 Å². The number of ether oxygens (including phenoxy) is 2. The first kappa shape index (κ1) is 20.7. The van der Waals surface area contributed by atoms with Crippen LogP contribution in [0.25, 0.3) is 0 Å². The van der Waals surface area contributed by atoms with Gasteiger partial charge >= 0.3 is 12.4 Å². The number of nitrogens with one attached hydrogen (secondary N) is 1. The van der Waals surface area contributed by atoms with E-state index in [4.69, 9.17) is 22.7 Å². The average Bonchev–Trinajstić information content (AvgIpc) is 2.55. The smallest absolute Gasteiger partial charge is 0.490 e. The number of benzene rings is 1. The number of nitrogens with zero attached hydrogens (tertiary/aromatic N) is 2. The largest absolute Gasteiger partial charge is 0.573 e. The molecule has 1 aromatic carbocycles. The van der Waals surface area contributed by atoms with Gasteiger partial charge in [-0.2, -0.15) is 0 Å². The zero-order valence-corrected chi connectivity index (χ0v) is 15.3. The molecule has 1 aliphatic heterocycles. The normalized spacial score (nSPS) is 16.0. The molecule has 0 bridgehead atoms. The number of alkyl halides is 3. The number of amidine groups is 1. The number of thiocarbonyl (C=S) groups is 1. The van der Waals surface area contributed by atoms with Crippen LogP contribution in [0.1, 0.15) is 19.8 Å². The first-order valence-electron chi connectivity index (χ1n) is 8.05. The molecular weight excluding hydrogens is 385 g/mol. The Morgan fingerprint density at radius 1 is 1.26 bits per heavy atom. The van der Waals surface area contributed by atoms with Gasteiger partial charge in [0.05, 0.1) is 5.84 Å². The number of amides is 2. The summed E-state index contributed by atoms with van der Waals surface area (Å²) in [6.45, 7) is 2.45. The lowest BCUT2D eigenvalue weighted by Crippen LogP contribution is -2.47. The molecule has 0 atom stereocenters. The van der Waals surface area contributed by atoms with E-state index in [0.29, 0.717) is 31.7 Å². The minimum atomic E-state index is -4.73. The SMILES string of the molecule is CC(N)=NC(=S)NC(=O)N1CCC(Oc2ccc(OC(F)(F)F)cc2)CC1. The summed E-state index contributed by atoms with van der Waals surface area (Å²) in [4.78, 5) is 17.4. The van der Waals surface area contributed by atoms with E-state index in [1.54, 1.807) is 11.8 Å². The van der Waals surface area contributed by atoms with Crippen molar-refractivity contribution in [3.63, 3.8) is 0 Å². The highest BCUT2D eigenvalue weighted by Crippen LogP contribution is 2.26. The molecular formula is C16H19F3N4O3S. The number of carbonyl (C=O) groups excluding carboxylic acids is 1. The second-order valence-corrected chi connectivity index (χ2v) is 6.20. The maximum Gasteiger partial charge on any atom is 0.573 e. The summed E-state index contributed by atoms with van der Waals surface area (Å²) in [5.41, 5.74) is 5.40. The molecule has 0 spiro atoms. The lowest BCUT2D eigenvalue weighted by Gasteiger charge is -2.32. The van der Waals surface area contributed by atoms with Crippen molar-refractivity contribution in [2.45, 2.75) is 32.2 Å². The van der Waals surface area contributed by atoms with Crippen LogP contribution in [0.3, 0.4) is 0 Å². The molecule has 1 saturated heterocycles. The Hall–Kier alpha value is -2.56. The molecule has 1 aromatic rings. The second-order valence-electron chi connectivity index (χ2n) is 5.81. The van der Waals surface area contributed by atoms with Crippen LogP contribution in [0.5, 0.6) is 11.5 Å². The third-order valence-electron chi connectivity index (χ3n) is 3.58. The molecule has 148 valence electrons. The first-order valence-corrected chi connectivity index (χ1v) is 8.46. The molecule has 2 amide bonds. The number of hydrogen-bond acceptors (Lipinski definition) is 4. The van der Waals surface area contributed by atoms with E-state index in [1.165, 1.54) is 24.3 Å². The Labute approximate surface area is 159 Å². The number of nitrogens with two attached hydrogens (primary N) is 1. The van der Waals surface area contributed by atoms with E-state index in [0.717, 1.165) is 0 Å². The van der Waals surface area contributed by atoms with Crippen molar-refractivity contribution in [3.8, 4) is 11.5 Å². The van der Waals surface area contributed by atoms with E-state index in [9.17, 15) is 18.0 Å². The van der Waals surface area contributed by atoms with Crippen molar-refractivity contribution in [3.05, 3.63) is 24.3 Å². The zero-order chi connectivity index (χ0) is 20.0. The molecule has 3 N–H and O–H groups in total. The van der Waals surface area contributed by atoms with Crippen molar-refractivity contribution in [1.29, 1.82) is 0 Å². The minimum absolute atomic E-state index is 0.000427. The van der Waals surface area contributed by atoms with Crippen molar-refractivity contribution >= 4 is 29.2 Å². The number of likely N-dealkylation sites (tertiary alicyclic amines) is 1. The Bertz CT molecular complexity index is 698. The summed E-state index contributed by atoms with van der Waals surface area (Å²) >= 11 is 4.90. The van der Waals surface area contributed by atoms with E-state index in [-0.39, 0.29) is 28.8 Å². The second kappa shape index (κ2) is 8.89. The lowest BCUT2D eigenvalue weighted by molar-refractivity contribution is -0.274. The summed E-state index contributed by atoms with van der Waals surface area (Å²) in [6, 6.07) is 4.83. The standard InChI is InChI=1S/C16H19F3N4O3S/c1-10(20)21-14(27)22-15(24)23-8-6-12(7-9-23)25-11-2-4-13(5-3-11)26-16(17,18)19/h2-5,12H,6-9H2,1H3,(H3,20,21,22,24,27). The average molecular weight is 404 g/mol. The maximum absolute atomic E-state index is 12.1. The van der Waals surface area contributed by atoms with Crippen molar-refractivity contribution in [2.24, 2.45) is 10.7 Å². The van der Waals surface area contributed by atoms with Gasteiger partial charge in [0, 0.05) is 25.9 Å². The van der Waals surface area contributed by atoms with E-state index < -0.39 is 6.36 Å². The Morgan fingerprint density at radius 2 is 1.81 bits per heavy atom. The first-order chi connectivity index (χ1) is 12.6. The van der Waals surface area contributed by atoms with Crippen molar-refractivity contribution in [2.75, 3.05) is 13.1 Å². The maximum atomic E-state index is 12.1.